The molecule has 0 aliphatic rings. The SMILES string of the molecule is CCCNc1ccc(CN(C)C(C)C(C)C)cc1[N+](=O)[O-]. The van der Waals surface area contributed by atoms with Crippen molar-refractivity contribution in [1.82, 2.24) is 4.90 Å². The fourth-order valence-corrected chi connectivity index (χ4v) is 2.18. The molecule has 1 aromatic carbocycles. The average molecular weight is 293 g/mol. The van der Waals surface area contributed by atoms with Gasteiger partial charge in [-0.1, -0.05) is 26.8 Å². The average Bonchev–Trinajstić information content (AvgIpc) is 2.44. The van der Waals surface area contributed by atoms with Gasteiger partial charge in [-0.15, -0.1) is 0 Å². The first-order valence-electron chi connectivity index (χ1n) is 7.58. The second-order valence-electron chi connectivity index (χ2n) is 5.94. The molecule has 0 fully saturated rings. The summed E-state index contributed by atoms with van der Waals surface area (Å²) >= 11 is 0. The van der Waals surface area contributed by atoms with Crippen molar-refractivity contribution in [3.63, 3.8) is 0 Å². The number of nitrogens with one attached hydrogen (secondary N) is 1. The molecule has 1 unspecified atom stereocenters. The van der Waals surface area contributed by atoms with Gasteiger partial charge in [-0.3, -0.25) is 15.0 Å². The predicted octanol–water partition coefficient (Wildman–Crippen LogP) is 3.89. The molecule has 21 heavy (non-hydrogen) atoms. The summed E-state index contributed by atoms with van der Waals surface area (Å²) in [6, 6.07) is 5.90. The monoisotopic (exact) mass is 293 g/mol. The number of rotatable bonds is 8. The molecule has 0 saturated carbocycles. The summed E-state index contributed by atoms with van der Waals surface area (Å²) in [5, 5.41) is 14.3. The Kier molecular flexibility index (Phi) is 6.62. The Hall–Kier alpha value is -1.62. The van der Waals surface area contributed by atoms with Crippen LogP contribution >= 0.6 is 0 Å². The van der Waals surface area contributed by atoms with E-state index in [2.05, 4.69) is 38.0 Å². The maximum absolute atomic E-state index is 11.2. The molecule has 0 bridgehead atoms. The fourth-order valence-electron chi connectivity index (χ4n) is 2.18. The molecule has 0 saturated heterocycles. The molecule has 0 aromatic heterocycles. The summed E-state index contributed by atoms with van der Waals surface area (Å²) < 4.78 is 0. The van der Waals surface area contributed by atoms with E-state index in [9.17, 15) is 10.1 Å². The minimum atomic E-state index is -0.312. The fraction of sp³-hybridized carbons (Fsp3) is 0.625. The van der Waals surface area contributed by atoms with Crippen molar-refractivity contribution >= 4 is 11.4 Å². The topological polar surface area (TPSA) is 58.4 Å². The van der Waals surface area contributed by atoms with Gasteiger partial charge in [0.05, 0.1) is 4.92 Å². The highest BCUT2D eigenvalue weighted by Crippen LogP contribution is 2.26. The maximum atomic E-state index is 11.2. The van der Waals surface area contributed by atoms with E-state index in [0.29, 0.717) is 24.2 Å². The molecule has 0 radical (unpaired) electrons. The summed E-state index contributed by atoms with van der Waals surface area (Å²) in [6.45, 7) is 10.0. The molecular weight excluding hydrogens is 266 g/mol. The number of nitro benzene ring substituents is 1. The van der Waals surface area contributed by atoms with Gasteiger partial charge in [-0.05, 0) is 37.9 Å². The van der Waals surface area contributed by atoms with Gasteiger partial charge >= 0.3 is 0 Å². The normalized spacial score (nSPS) is 12.7. The smallest absolute Gasteiger partial charge is 0.292 e. The number of anilines is 1. The van der Waals surface area contributed by atoms with E-state index in [1.54, 1.807) is 6.07 Å². The summed E-state index contributed by atoms with van der Waals surface area (Å²) in [7, 11) is 2.06. The molecular formula is C16H27N3O2. The molecule has 0 spiro atoms. The van der Waals surface area contributed by atoms with Gasteiger partial charge in [0.1, 0.15) is 5.69 Å². The zero-order valence-corrected chi connectivity index (χ0v) is 13.7. The van der Waals surface area contributed by atoms with Gasteiger partial charge in [0.25, 0.3) is 5.69 Å². The second-order valence-corrected chi connectivity index (χ2v) is 5.94. The van der Waals surface area contributed by atoms with Gasteiger partial charge in [-0.25, -0.2) is 0 Å². The third-order valence-electron chi connectivity index (χ3n) is 3.92. The van der Waals surface area contributed by atoms with Crippen LogP contribution < -0.4 is 5.32 Å². The summed E-state index contributed by atoms with van der Waals surface area (Å²) in [5.41, 5.74) is 1.73. The van der Waals surface area contributed by atoms with Crippen LogP contribution in [0.4, 0.5) is 11.4 Å². The zero-order valence-electron chi connectivity index (χ0n) is 13.7. The molecule has 1 aromatic rings. The lowest BCUT2D eigenvalue weighted by molar-refractivity contribution is -0.384. The van der Waals surface area contributed by atoms with Crippen LogP contribution in [-0.2, 0) is 6.54 Å². The Morgan fingerprint density at radius 1 is 1.33 bits per heavy atom. The second kappa shape index (κ2) is 7.98. The van der Waals surface area contributed by atoms with Crippen molar-refractivity contribution in [2.45, 2.75) is 46.7 Å². The van der Waals surface area contributed by atoms with Crippen molar-refractivity contribution < 1.29 is 4.92 Å². The van der Waals surface area contributed by atoms with E-state index in [1.165, 1.54) is 0 Å². The highest BCUT2D eigenvalue weighted by Gasteiger charge is 2.17. The van der Waals surface area contributed by atoms with Gasteiger partial charge in [-0.2, -0.15) is 0 Å². The lowest BCUT2D eigenvalue weighted by Crippen LogP contribution is -2.32. The molecule has 118 valence electrons. The molecule has 5 nitrogen and oxygen atoms in total. The first-order chi connectivity index (χ1) is 9.86. The largest absolute Gasteiger partial charge is 0.380 e. The van der Waals surface area contributed by atoms with E-state index in [0.717, 1.165) is 18.5 Å². The Morgan fingerprint density at radius 2 is 2.00 bits per heavy atom. The molecule has 1 rings (SSSR count). The molecule has 1 atom stereocenters. The molecule has 5 heteroatoms. The Bertz CT molecular complexity index is 475. The standard InChI is InChI=1S/C16H27N3O2/c1-6-9-17-15-8-7-14(10-16(15)19(20)21)11-18(5)13(4)12(2)3/h7-8,10,12-13,17H,6,9,11H2,1-5H3. The molecule has 0 heterocycles. The highest BCUT2D eigenvalue weighted by atomic mass is 16.6. The molecule has 1 N–H and O–H groups in total. The first-order valence-corrected chi connectivity index (χ1v) is 7.58. The van der Waals surface area contributed by atoms with Crippen molar-refractivity contribution in [1.29, 1.82) is 0 Å². The van der Waals surface area contributed by atoms with Crippen LogP contribution in [0, 0.1) is 16.0 Å². The highest BCUT2D eigenvalue weighted by molar-refractivity contribution is 5.62. The number of hydrogen-bond acceptors (Lipinski definition) is 4. The van der Waals surface area contributed by atoms with Crippen LogP contribution in [-0.4, -0.2) is 29.5 Å². The Balaban J connectivity index is 2.90. The quantitative estimate of drug-likeness (QED) is 0.583. The van der Waals surface area contributed by atoms with Crippen LogP contribution in [0.25, 0.3) is 0 Å². The lowest BCUT2D eigenvalue weighted by Gasteiger charge is -2.27. The van der Waals surface area contributed by atoms with Gasteiger partial charge in [0.2, 0.25) is 0 Å². The lowest BCUT2D eigenvalue weighted by atomic mass is 10.0. The minimum absolute atomic E-state index is 0.159. The number of hydrogen-bond donors (Lipinski definition) is 1. The van der Waals surface area contributed by atoms with Crippen LogP contribution in [0.3, 0.4) is 0 Å². The molecule has 0 aliphatic heterocycles. The molecule has 0 aliphatic carbocycles. The number of benzene rings is 1. The Labute approximate surface area is 127 Å². The van der Waals surface area contributed by atoms with Crippen molar-refractivity contribution in [2.75, 3.05) is 18.9 Å². The van der Waals surface area contributed by atoms with E-state index < -0.39 is 0 Å². The van der Waals surface area contributed by atoms with Crippen molar-refractivity contribution in [3.05, 3.63) is 33.9 Å². The zero-order chi connectivity index (χ0) is 16.0. The number of nitro groups is 1. The maximum Gasteiger partial charge on any atom is 0.292 e. The molecule has 0 amide bonds. The minimum Gasteiger partial charge on any atom is -0.380 e. The van der Waals surface area contributed by atoms with Crippen molar-refractivity contribution in [2.24, 2.45) is 5.92 Å². The summed E-state index contributed by atoms with van der Waals surface area (Å²) in [4.78, 5) is 13.1. The van der Waals surface area contributed by atoms with Gasteiger partial charge in [0.15, 0.2) is 0 Å². The summed E-state index contributed by atoms with van der Waals surface area (Å²) in [6.07, 6.45) is 0.938. The van der Waals surface area contributed by atoms with E-state index >= 15 is 0 Å². The first kappa shape index (κ1) is 17.4. The van der Waals surface area contributed by atoms with E-state index in [-0.39, 0.29) is 10.6 Å². The predicted molar refractivity (Wildman–Crippen MR) is 87.6 cm³/mol. The third-order valence-corrected chi connectivity index (χ3v) is 3.92. The van der Waals surface area contributed by atoms with Crippen molar-refractivity contribution in [3.8, 4) is 0 Å². The van der Waals surface area contributed by atoms with E-state index in [1.807, 2.05) is 19.1 Å². The third kappa shape index (κ3) is 5.01. The van der Waals surface area contributed by atoms with Crippen LogP contribution in [0.1, 0.15) is 39.7 Å². The van der Waals surface area contributed by atoms with E-state index in [4.69, 9.17) is 0 Å². The summed E-state index contributed by atoms with van der Waals surface area (Å²) in [5.74, 6) is 0.551. The Morgan fingerprint density at radius 3 is 2.52 bits per heavy atom. The van der Waals surface area contributed by atoms with Crippen LogP contribution in [0.2, 0.25) is 0 Å². The number of nitrogens with zero attached hydrogens (tertiary/aromatic N) is 2. The van der Waals surface area contributed by atoms with Gasteiger partial charge < -0.3 is 5.32 Å². The van der Waals surface area contributed by atoms with Gasteiger partial charge in [0, 0.05) is 25.2 Å². The van der Waals surface area contributed by atoms with Crippen LogP contribution in [0.15, 0.2) is 18.2 Å². The van der Waals surface area contributed by atoms with Crippen LogP contribution in [0.5, 0.6) is 0 Å².